The molecule has 0 aliphatic rings. The van der Waals surface area contributed by atoms with Crippen molar-refractivity contribution >= 4 is 28.7 Å². The molecule has 0 amide bonds. The van der Waals surface area contributed by atoms with Crippen LogP contribution < -0.4 is 0 Å². The highest BCUT2D eigenvalue weighted by atomic mass is 127. The van der Waals surface area contributed by atoms with Gasteiger partial charge in [-0.1, -0.05) is 74.3 Å². The van der Waals surface area contributed by atoms with E-state index in [2.05, 4.69) is 59.2 Å². The summed E-state index contributed by atoms with van der Waals surface area (Å²) in [6.45, 7) is 10.5. The third-order valence-corrected chi connectivity index (χ3v) is 3.47. The molecule has 0 aliphatic carbocycles. The fourth-order valence-electron chi connectivity index (χ4n) is 1.32. The lowest BCUT2D eigenvalue weighted by Crippen LogP contribution is -1.76. The molecule has 0 heterocycles. The third kappa shape index (κ3) is 13.8. The first kappa shape index (κ1) is 22.7. The topological polar surface area (TPSA) is 18.5 Å². The van der Waals surface area contributed by atoms with Crippen molar-refractivity contribution in [2.75, 3.05) is 14.2 Å². The maximum atomic E-state index is 4.89. The number of hydrogen-bond acceptors (Lipinski definition) is 2. The Bertz CT molecular complexity index is 646. The van der Waals surface area contributed by atoms with Gasteiger partial charge in [0.05, 0.1) is 14.2 Å². The molecule has 0 spiro atoms. The SMILES string of the molecule is C=C(/C=C/c1ccccc1)OC.C=CC(=C)OC.Ic1ccccc1. The van der Waals surface area contributed by atoms with Crippen LogP contribution in [0.15, 0.2) is 104 Å². The van der Waals surface area contributed by atoms with Crippen molar-refractivity contribution in [2.24, 2.45) is 0 Å². The lowest BCUT2D eigenvalue weighted by molar-refractivity contribution is 0.309. The van der Waals surface area contributed by atoms with Crippen LogP contribution >= 0.6 is 22.6 Å². The van der Waals surface area contributed by atoms with E-state index in [1.165, 1.54) is 3.57 Å². The Hall–Kier alpha value is -2.27. The predicted octanol–water partition coefficient (Wildman–Crippen LogP) is 6.48. The van der Waals surface area contributed by atoms with Gasteiger partial charge >= 0.3 is 0 Å². The summed E-state index contributed by atoms with van der Waals surface area (Å²) < 4.78 is 10.8. The smallest absolute Gasteiger partial charge is 0.111 e. The Kier molecular flexibility index (Phi) is 13.9. The molecule has 0 saturated heterocycles. The summed E-state index contributed by atoms with van der Waals surface area (Å²) in [5, 5.41) is 0. The van der Waals surface area contributed by atoms with Crippen LogP contribution in [-0.2, 0) is 9.47 Å². The number of hydrogen-bond donors (Lipinski definition) is 0. The predicted molar refractivity (Wildman–Crippen MR) is 117 cm³/mol. The zero-order chi connectivity index (χ0) is 18.9. The van der Waals surface area contributed by atoms with Crippen molar-refractivity contribution in [3.05, 3.63) is 113 Å². The molecule has 2 aromatic carbocycles. The highest BCUT2D eigenvalue weighted by molar-refractivity contribution is 14.1. The van der Waals surface area contributed by atoms with E-state index in [0.29, 0.717) is 11.5 Å². The van der Waals surface area contributed by atoms with E-state index in [1.807, 2.05) is 60.7 Å². The van der Waals surface area contributed by atoms with Gasteiger partial charge < -0.3 is 9.47 Å². The van der Waals surface area contributed by atoms with Gasteiger partial charge in [-0.25, -0.2) is 0 Å². The quantitative estimate of drug-likeness (QED) is 0.296. The maximum Gasteiger partial charge on any atom is 0.111 e. The number of allylic oxidation sites excluding steroid dienone is 2. The molecule has 0 aromatic heterocycles. The summed E-state index contributed by atoms with van der Waals surface area (Å²) in [6.07, 6.45) is 5.36. The molecule has 2 nitrogen and oxygen atoms in total. The van der Waals surface area contributed by atoms with Crippen LogP contribution in [0.25, 0.3) is 6.08 Å². The molecular formula is C22H25IO2. The fraction of sp³-hybridized carbons (Fsp3) is 0.0909. The van der Waals surface area contributed by atoms with Gasteiger partial charge in [0.25, 0.3) is 0 Å². The Labute approximate surface area is 165 Å². The molecular weight excluding hydrogens is 423 g/mol. The van der Waals surface area contributed by atoms with Crippen LogP contribution in [0.1, 0.15) is 5.56 Å². The molecule has 0 unspecified atom stereocenters. The second kappa shape index (κ2) is 15.3. The van der Waals surface area contributed by atoms with Gasteiger partial charge in [-0.3, -0.25) is 0 Å². The van der Waals surface area contributed by atoms with Gasteiger partial charge in [0.1, 0.15) is 11.5 Å². The lowest BCUT2D eigenvalue weighted by atomic mass is 10.2. The zero-order valence-electron chi connectivity index (χ0n) is 14.8. The van der Waals surface area contributed by atoms with Crippen molar-refractivity contribution in [3.63, 3.8) is 0 Å². The van der Waals surface area contributed by atoms with Crippen LogP contribution in [0.3, 0.4) is 0 Å². The summed E-state index contributed by atoms with van der Waals surface area (Å²) in [5.41, 5.74) is 1.15. The highest BCUT2D eigenvalue weighted by Crippen LogP contribution is 2.03. The van der Waals surface area contributed by atoms with Gasteiger partial charge in [-0.2, -0.15) is 0 Å². The van der Waals surface area contributed by atoms with Crippen molar-refractivity contribution in [2.45, 2.75) is 0 Å². The van der Waals surface area contributed by atoms with E-state index >= 15 is 0 Å². The first-order chi connectivity index (χ1) is 12.0. The Balaban J connectivity index is 0.000000378. The Morgan fingerprint density at radius 1 is 0.840 bits per heavy atom. The van der Waals surface area contributed by atoms with Gasteiger partial charge in [0.2, 0.25) is 0 Å². The summed E-state index contributed by atoms with van der Waals surface area (Å²) in [4.78, 5) is 0. The second-order valence-electron chi connectivity index (χ2n) is 4.58. The van der Waals surface area contributed by atoms with Crippen molar-refractivity contribution in [1.29, 1.82) is 0 Å². The number of ether oxygens (including phenoxy) is 2. The molecule has 2 aromatic rings. The monoisotopic (exact) mass is 448 g/mol. The first-order valence-corrected chi connectivity index (χ1v) is 8.63. The van der Waals surface area contributed by atoms with Gasteiger partial charge in [-0.15, -0.1) is 0 Å². The van der Waals surface area contributed by atoms with E-state index in [-0.39, 0.29) is 0 Å². The molecule has 132 valence electrons. The molecule has 0 radical (unpaired) electrons. The van der Waals surface area contributed by atoms with Gasteiger partial charge in [-0.05, 0) is 52.4 Å². The fourth-order valence-corrected chi connectivity index (χ4v) is 1.73. The summed E-state index contributed by atoms with van der Waals surface area (Å²) in [7, 11) is 3.17. The maximum absolute atomic E-state index is 4.89. The summed E-state index contributed by atoms with van der Waals surface area (Å²) in [5.74, 6) is 1.27. The normalized spacial score (nSPS) is 8.92. The Morgan fingerprint density at radius 2 is 1.32 bits per heavy atom. The van der Waals surface area contributed by atoms with Gasteiger partial charge in [0, 0.05) is 3.57 Å². The first-order valence-electron chi connectivity index (χ1n) is 7.55. The number of methoxy groups -OCH3 is 2. The molecule has 3 heteroatoms. The number of benzene rings is 2. The van der Waals surface area contributed by atoms with E-state index in [1.54, 1.807) is 20.3 Å². The summed E-state index contributed by atoms with van der Waals surface area (Å²) >= 11 is 2.28. The largest absolute Gasteiger partial charge is 0.497 e. The number of rotatable bonds is 5. The van der Waals surface area contributed by atoms with E-state index in [4.69, 9.17) is 4.74 Å². The van der Waals surface area contributed by atoms with Gasteiger partial charge in [0.15, 0.2) is 0 Å². The minimum absolute atomic E-state index is 0.606. The summed E-state index contributed by atoms with van der Waals surface area (Å²) in [6, 6.07) is 20.2. The molecule has 0 saturated carbocycles. The molecule has 25 heavy (non-hydrogen) atoms. The van der Waals surface area contributed by atoms with Crippen LogP contribution in [0, 0.1) is 3.57 Å². The lowest BCUT2D eigenvalue weighted by Gasteiger charge is -1.95. The number of halogens is 1. The van der Waals surface area contributed by atoms with Crippen LogP contribution in [0.5, 0.6) is 0 Å². The highest BCUT2D eigenvalue weighted by Gasteiger charge is 1.84. The molecule has 0 aliphatic heterocycles. The molecule has 0 N–H and O–H groups in total. The minimum Gasteiger partial charge on any atom is -0.497 e. The van der Waals surface area contributed by atoms with Crippen molar-refractivity contribution in [3.8, 4) is 0 Å². The van der Waals surface area contributed by atoms with E-state index < -0.39 is 0 Å². The average molecular weight is 448 g/mol. The van der Waals surface area contributed by atoms with Crippen molar-refractivity contribution in [1.82, 2.24) is 0 Å². The average Bonchev–Trinajstić information content (AvgIpc) is 2.67. The van der Waals surface area contributed by atoms with Crippen LogP contribution in [-0.4, -0.2) is 14.2 Å². The molecule has 0 atom stereocenters. The molecule has 0 bridgehead atoms. The van der Waals surface area contributed by atoms with Crippen molar-refractivity contribution < 1.29 is 9.47 Å². The third-order valence-electron chi connectivity index (χ3n) is 2.75. The van der Waals surface area contributed by atoms with Crippen LogP contribution in [0.2, 0.25) is 0 Å². The minimum atomic E-state index is 0.606. The second-order valence-corrected chi connectivity index (χ2v) is 5.83. The van der Waals surface area contributed by atoms with E-state index in [9.17, 15) is 0 Å². The molecule has 2 rings (SSSR count). The zero-order valence-corrected chi connectivity index (χ0v) is 17.0. The van der Waals surface area contributed by atoms with E-state index in [0.717, 1.165) is 5.56 Å². The van der Waals surface area contributed by atoms with Crippen LogP contribution in [0.4, 0.5) is 0 Å². The molecule has 0 fully saturated rings. The standard InChI is InChI=1S/C11H12O.C6H5I.C5H8O/c1-10(12-2)8-9-11-6-4-3-5-7-11;7-6-4-2-1-3-5-6;1-4-5(2)6-3/h3-9H,1H2,2H3;1-5H;4H,1-2H2,3H3/b9-8+;;. The Morgan fingerprint density at radius 3 is 1.64 bits per heavy atom.